The Morgan fingerprint density at radius 2 is 2.50 bits per heavy atom. The summed E-state index contributed by atoms with van der Waals surface area (Å²) in [4.78, 5) is 6.83. The van der Waals surface area contributed by atoms with E-state index in [-0.39, 0.29) is 6.10 Å². The first kappa shape index (κ1) is 11.9. The first-order valence-corrected chi connectivity index (χ1v) is 7.08. The quantitative estimate of drug-likeness (QED) is 0.924. The van der Waals surface area contributed by atoms with Crippen LogP contribution in [0, 0.1) is 0 Å². The largest absolute Gasteiger partial charge is 0.462 e. The molecule has 1 N–H and O–H groups in total. The van der Waals surface area contributed by atoms with E-state index in [1.54, 1.807) is 17.6 Å². The van der Waals surface area contributed by atoms with Gasteiger partial charge in [0.1, 0.15) is 0 Å². The fourth-order valence-electron chi connectivity index (χ4n) is 2.30. The highest BCUT2D eigenvalue weighted by molar-refractivity contribution is 7.13. The lowest BCUT2D eigenvalue weighted by atomic mass is 10.1. The number of hydrogen-bond acceptors (Lipinski definition) is 5. The molecule has 1 aliphatic heterocycles. The van der Waals surface area contributed by atoms with Gasteiger partial charge in [-0.25, -0.2) is 4.98 Å². The smallest absolute Gasteiger partial charge is 0.162 e. The van der Waals surface area contributed by atoms with E-state index in [1.165, 1.54) is 0 Å². The number of rotatable bonds is 3. The van der Waals surface area contributed by atoms with Crippen LogP contribution >= 0.6 is 11.3 Å². The van der Waals surface area contributed by atoms with Crippen LogP contribution in [0.1, 0.15) is 18.5 Å². The van der Waals surface area contributed by atoms with Gasteiger partial charge in [0.05, 0.1) is 18.1 Å². The van der Waals surface area contributed by atoms with Gasteiger partial charge in [-0.15, -0.1) is 11.3 Å². The lowest BCUT2D eigenvalue weighted by molar-refractivity contribution is 0.0663. The van der Waals surface area contributed by atoms with Crippen molar-refractivity contribution in [3.8, 4) is 10.8 Å². The maximum absolute atomic E-state index is 9.64. The summed E-state index contributed by atoms with van der Waals surface area (Å²) < 4.78 is 5.33. The number of aliphatic hydroxyl groups is 1. The second kappa shape index (κ2) is 5.22. The number of β-amino-alcohol motifs (C(OH)–C–C–N with tert-alkyl or cyclic N) is 1. The molecule has 1 atom stereocenters. The Labute approximate surface area is 110 Å². The fraction of sp³-hybridized carbons (Fsp3) is 0.462. The summed E-state index contributed by atoms with van der Waals surface area (Å²) in [5, 5.41) is 12.6. The van der Waals surface area contributed by atoms with Crippen LogP contribution < -0.4 is 0 Å². The van der Waals surface area contributed by atoms with Crippen molar-refractivity contribution < 1.29 is 9.52 Å². The minimum atomic E-state index is -0.179. The van der Waals surface area contributed by atoms with Crippen LogP contribution in [0.4, 0.5) is 0 Å². The number of thiazole rings is 1. The van der Waals surface area contributed by atoms with E-state index in [2.05, 4.69) is 15.3 Å². The summed E-state index contributed by atoms with van der Waals surface area (Å²) in [5.41, 5.74) is 1.06. The molecule has 4 nitrogen and oxygen atoms in total. The fourth-order valence-corrected chi connectivity index (χ4v) is 3.07. The van der Waals surface area contributed by atoms with Gasteiger partial charge < -0.3 is 9.52 Å². The van der Waals surface area contributed by atoms with Crippen molar-refractivity contribution in [2.75, 3.05) is 13.1 Å². The topological polar surface area (TPSA) is 49.5 Å². The predicted molar refractivity (Wildman–Crippen MR) is 70.3 cm³/mol. The van der Waals surface area contributed by atoms with E-state index in [1.807, 2.05) is 12.1 Å². The lowest BCUT2D eigenvalue weighted by Crippen LogP contribution is -2.37. The molecule has 1 saturated heterocycles. The third kappa shape index (κ3) is 2.63. The molecule has 0 bridgehead atoms. The van der Waals surface area contributed by atoms with Crippen LogP contribution in [-0.2, 0) is 6.54 Å². The van der Waals surface area contributed by atoms with Crippen molar-refractivity contribution in [2.24, 2.45) is 0 Å². The van der Waals surface area contributed by atoms with Crippen molar-refractivity contribution in [2.45, 2.75) is 25.5 Å². The van der Waals surface area contributed by atoms with E-state index in [0.29, 0.717) is 0 Å². The minimum Gasteiger partial charge on any atom is -0.462 e. The Balaban J connectivity index is 1.66. The Morgan fingerprint density at radius 1 is 1.56 bits per heavy atom. The maximum atomic E-state index is 9.64. The Kier molecular flexibility index (Phi) is 3.45. The summed E-state index contributed by atoms with van der Waals surface area (Å²) in [6.07, 6.45) is 3.47. The monoisotopic (exact) mass is 264 g/mol. The van der Waals surface area contributed by atoms with Gasteiger partial charge in [-0.3, -0.25) is 4.90 Å². The van der Waals surface area contributed by atoms with E-state index in [4.69, 9.17) is 4.42 Å². The van der Waals surface area contributed by atoms with Gasteiger partial charge in [0.25, 0.3) is 0 Å². The number of furan rings is 1. The van der Waals surface area contributed by atoms with Crippen molar-refractivity contribution >= 4 is 11.3 Å². The molecular weight excluding hydrogens is 248 g/mol. The number of hydrogen-bond donors (Lipinski definition) is 1. The molecule has 0 aliphatic carbocycles. The number of piperidine rings is 1. The summed E-state index contributed by atoms with van der Waals surface area (Å²) in [6, 6.07) is 3.80. The zero-order valence-electron chi connectivity index (χ0n) is 10.1. The molecule has 2 aromatic rings. The molecule has 3 rings (SSSR count). The van der Waals surface area contributed by atoms with E-state index in [9.17, 15) is 5.11 Å². The normalized spacial score (nSPS) is 21.3. The molecule has 1 unspecified atom stereocenters. The molecule has 0 radical (unpaired) electrons. The molecule has 0 aromatic carbocycles. The third-order valence-electron chi connectivity index (χ3n) is 3.15. The highest BCUT2D eigenvalue weighted by Crippen LogP contribution is 2.25. The molecule has 3 heterocycles. The number of nitrogens with zero attached hydrogens (tertiary/aromatic N) is 2. The average Bonchev–Trinajstić information content (AvgIpc) is 2.98. The van der Waals surface area contributed by atoms with Gasteiger partial charge in [0.15, 0.2) is 10.8 Å². The Hall–Kier alpha value is -1.17. The van der Waals surface area contributed by atoms with E-state index < -0.39 is 0 Å². The van der Waals surface area contributed by atoms with Crippen molar-refractivity contribution in [1.29, 1.82) is 0 Å². The molecular formula is C13H16N2O2S. The van der Waals surface area contributed by atoms with E-state index >= 15 is 0 Å². The van der Waals surface area contributed by atoms with E-state index in [0.717, 1.165) is 48.9 Å². The SMILES string of the molecule is OC1CCCN(Cc2csc(-c3ccco3)n2)C1. The van der Waals surface area contributed by atoms with Crippen LogP contribution in [0.5, 0.6) is 0 Å². The summed E-state index contributed by atoms with van der Waals surface area (Å²) in [7, 11) is 0. The van der Waals surface area contributed by atoms with Crippen LogP contribution in [0.3, 0.4) is 0 Å². The summed E-state index contributed by atoms with van der Waals surface area (Å²) in [6.45, 7) is 2.62. The average molecular weight is 264 g/mol. The zero-order valence-corrected chi connectivity index (χ0v) is 10.9. The molecule has 2 aromatic heterocycles. The minimum absolute atomic E-state index is 0.179. The molecule has 18 heavy (non-hydrogen) atoms. The Bertz CT molecular complexity index is 495. The van der Waals surface area contributed by atoms with Crippen molar-refractivity contribution in [3.05, 3.63) is 29.5 Å². The second-order valence-corrected chi connectivity index (χ2v) is 5.51. The molecule has 96 valence electrons. The second-order valence-electron chi connectivity index (χ2n) is 4.65. The summed E-state index contributed by atoms with van der Waals surface area (Å²) in [5.74, 6) is 0.824. The summed E-state index contributed by atoms with van der Waals surface area (Å²) >= 11 is 1.60. The third-order valence-corrected chi connectivity index (χ3v) is 4.06. The standard InChI is InChI=1S/C13H16N2O2S/c16-11-3-1-5-15(8-11)7-10-9-18-13(14-10)12-4-2-6-17-12/h2,4,6,9,11,16H,1,3,5,7-8H2. The lowest BCUT2D eigenvalue weighted by Gasteiger charge is -2.29. The van der Waals surface area contributed by atoms with Gasteiger partial charge in [0.2, 0.25) is 0 Å². The van der Waals surface area contributed by atoms with Gasteiger partial charge in [0, 0.05) is 18.5 Å². The number of aromatic nitrogens is 1. The van der Waals surface area contributed by atoms with Gasteiger partial charge in [-0.2, -0.15) is 0 Å². The molecule has 1 fully saturated rings. The predicted octanol–water partition coefficient (Wildman–Crippen LogP) is 2.36. The van der Waals surface area contributed by atoms with Crippen LogP contribution in [0.2, 0.25) is 0 Å². The maximum Gasteiger partial charge on any atom is 0.162 e. The van der Waals surface area contributed by atoms with Crippen LogP contribution in [-0.4, -0.2) is 34.2 Å². The molecule has 5 heteroatoms. The zero-order chi connectivity index (χ0) is 12.4. The van der Waals surface area contributed by atoms with Gasteiger partial charge in [-0.05, 0) is 31.5 Å². The van der Waals surface area contributed by atoms with Crippen molar-refractivity contribution in [1.82, 2.24) is 9.88 Å². The number of likely N-dealkylation sites (tertiary alicyclic amines) is 1. The Morgan fingerprint density at radius 3 is 3.28 bits per heavy atom. The highest BCUT2D eigenvalue weighted by atomic mass is 32.1. The number of aliphatic hydroxyl groups excluding tert-OH is 1. The van der Waals surface area contributed by atoms with Crippen LogP contribution in [0.25, 0.3) is 10.8 Å². The van der Waals surface area contributed by atoms with Crippen LogP contribution in [0.15, 0.2) is 28.2 Å². The molecule has 0 spiro atoms. The van der Waals surface area contributed by atoms with Gasteiger partial charge in [-0.1, -0.05) is 0 Å². The van der Waals surface area contributed by atoms with Gasteiger partial charge >= 0.3 is 0 Å². The molecule has 1 aliphatic rings. The molecule has 0 saturated carbocycles. The molecule has 0 amide bonds. The first-order valence-electron chi connectivity index (χ1n) is 6.20. The highest BCUT2D eigenvalue weighted by Gasteiger charge is 2.18. The van der Waals surface area contributed by atoms with Crippen molar-refractivity contribution in [3.63, 3.8) is 0 Å². The first-order chi connectivity index (χ1) is 8.81.